The molecule has 1 rings (SSSR count). The first kappa shape index (κ1) is 15.0. The molecule has 0 aromatic heterocycles. The van der Waals surface area contributed by atoms with Crippen LogP contribution in [0.1, 0.15) is 45.7 Å². The molecule has 0 fully saturated rings. The molecule has 1 aromatic rings. The predicted octanol–water partition coefficient (Wildman–Crippen LogP) is 2.90. The van der Waals surface area contributed by atoms with Gasteiger partial charge in [0.15, 0.2) is 0 Å². The van der Waals surface area contributed by atoms with Gasteiger partial charge in [-0.3, -0.25) is 0 Å². The molecule has 2 atom stereocenters. The maximum absolute atomic E-state index is 9.91. The molecule has 0 aliphatic carbocycles. The first-order chi connectivity index (χ1) is 8.48. The van der Waals surface area contributed by atoms with Crippen molar-refractivity contribution in [3.05, 3.63) is 29.8 Å². The van der Waals surface area contributed by atoms with E-state index in [-0.39, 0.29) is 0 Å². The van der Waals surface area contributed by atoms with Gasteiger partial charge in [0.1, 0.15) is 12.4 Å². The number of hydrogen-bond donors (Lipinski definition) is 2. The molecule has 0 amide bonds. The minimum Gasteiger partial charge on any atom is -0.491 e. The lowest BCUT2D eigenvalue weighted by Gasteiger charge is -2.22. The summed E-state index contributed by atoms with van der Waals surface area (Å²) >= 11 is 0. The van der Waals surface area contributed by atoms with Gasteiger partial charge in [0.05, 0.1) is 5.60 Å². The molecule has 0 spiro atoms. The Labute approximate surface area is 110 Å². The van der Waals surface area contributed by atoms with E-state index in [0.717, 1.165) is 12.3 Å². The summed E-state index contributed by atoms with van der Waals surface area (Å²) in [4.78, 5) is 0. The molecule has 0 bridgehead atoms. The van der Waals surface area contributed by atoms with Crippen LogP contribution in [0.5, 0.6) is 5.75 Å². The Kier molecular flexibility index (Phi) is 5.63. The quantitative estimate of drug-likeness (QED) is 0.783. The van der Waals surface area contributed by atoms with Crippen molar-refractivity contribution >= 4 is 0 Å². The molecule has 2 unspecified atom stereocenters. The topological polar surface area (TPSA) is 41.5 Å². The van der Waals surface area contributed by atoms with Crippen molar-refractivity contribution in [3.63, 3.8) is 0 Å². The average molecular weight is 251 g/mol. The number of nitrogens with one attached hydrogen (secondary N) is 1. The second-order valence-electron chi connectivity index (χ2n) is 4.99. The van der Waals surface area contributed by atoms with Gasteiger partial charge < -0.3 is 15.2 Å². The van der Waals surface area contributed by atoms with E-state index in [1.807, 2.05) is 25.1 Å². The van der Waals surface area contributed by atoms with E-state index in [2.05, 4.69) is 25.2 Å². The molecule has 0 aliphatic rings. The molecule has 18 heavy (non-hydrogen) atoms. The Morgan fingerprint density at radius 1 is 1.39 bits per heavy atom. The number of aliphatic hydroxyl groups is 1. The Balaban J connectivity index is 2.65. The fourth-order valence-corrected chi connectivity index (χ4v) is 1.64. The minimum absolute atomic E-state index is 0.310. The SMILES string of the molecule is CCNC(C)c1cccc(OCC(C)(O)CC)c1. The Hall–Kier alpha value is -1.06. The summed E-state index contributed by atoms with van der Waals surface area (Å²) in [6.07, 6.45) is 0.681. The van der Waals surface area contributed by atoms with Gasteiger partial charge in [-0.2, -0.15) is 0 Å². The zero-order chi connectivity index (χ0) is 13.6. The van der Waals surface area contributed by atoms with Crippen molar-refractivity contribution in [3.8, 4) is 5.75 Å². The number of benzene rings is 1. The van der Waals surface area contributed by atoms with Gasteiger partial charge in [0.2, 0.25) is 0 Å². The lowest BCUT2D eigenvalue weighted by molar-refractivity contribution is 0.00844. The van der Waals surface area contributed by atoms with Crippen molar-refractivity contribution < 1.29 is 9.84 Å². The first-order valence-electron chi connectivity index (χ1n) is 6.67. The molecule has 0 radical (unpaired) electrons. The van der Waals surface area contributed by atoms with Gasteiger partial charge in [-0.25, -0.2) is 0 Å². The van der Waals surface area contributed by atoms with E-state index in [0.29, 0.717) is 19.1 Å². The number of rotatable bonds is 7. The van der Waals surface area contributed by atoms with Crippen molar-refractivity contribution in [2.24, 2.45) is 0 Å². The average Bonchev–Trinajstić information content (AvgIpc) is 2.37. The van der Waals surface area contributed by atoms with E-state index >= 15 is 0 Å². The molecule has 2 N–H and O–H groups in total. The highest BCUT2D eigenvalue weighted by atomic mass is 16.5. The zero-order valence-electron chi connectivity index (χ0n) is 11.9. The van der Waals surface area contributed by atoms with Crippen molar-refractivity contribution in [1.29, 1.82) is 0 Å². The van der Waals surface area contributed by atoms with Crippen LogP contribution in [0.3, 0.4) is 0 Å². The lowest BCUT2D eigenvalue weighted by Crippen LogP contribution is -2.31. The van der Waals surface area contributed by atoms with Gasteiger partial charge in [-0.1, -0.05) is 26.0 Å². The van der Waals surface area contributed by atoms with Crippen molar-refractivity contribution in [2.45, 2.75) is 45.8 Å². The molecule has 3 heteroatoms. The third-order valence-corrected chi connectivity index (χ3v) is 3.18. The van der Waals surface area contributed by atoms with E-state index in [9.17, 15) is 5.11 Å². The van der Waals surface area contributed by atoms with Crippen molar-refractivity contribution in [1.82, 2.24) is 5.32 Å². The molecular formula is C15H25NO2. The molecular weight excluding hydrogens is 226 g/mol. The van der Waals surface area contributed by atoms with Crippen LogP contribution in [0, 0.1) is 0 Å². The highest BCUT2D eigenvalue weighted by molar-refractivity contribution is 5.30. The fourth-order valence-electron chi connectivity index (χ4n) is 1.64. The maximum Gasteiger partial charge on any atom is 0.119 e. The molecule has 0 saturated carbocycles. The monoisotopic (exact) mass is 251 g/mol. The predicted molar refractivity (Wildman–Crippen MR) is 74.9 cm³/mol. The van der Waals surface area contributed by atoms with Crippen LogP contribution in [-0.2, 0) is 0 Å². The number of hydrogen-bond acceptors (Lipinski definition) is 3. The third-order valence-electron chi connectivity index (χ3n) is 3.18. The van der Waals surface area contributed by atoms with Crippen LogP contribution in [0.25, 0.3) is 0 Å². The standard InChI is InChI=1S/C15H25NO2/c1-5-15(4,17)11-18-14-9-7-8-13(10-14)12(3)16-6-2/h7-10,12,16-17H,5-6,11H2,1-4H3. The first-order valence-corrected chi connectivity index (χ1v) is 6.67. The van der Waals surface area contributed by atoms with Crippen LogP contribution in [0.15, 0.2) is 24.3 Å². The smallest absolute Gasteiger partial charge is 0.119 e. The van der Waals surface area contributed by atoms with E-state index in [1.54, 1.807) is 6.92 Å². The summed E-state index contributed by atoms with van der Waals surface area (Å²) in [6, 6.07) is 8.33. The highest BCUT2D eigenvalue weighted by Crippen LogP contribution is 2.20. The van der Waals surface area contributed by atoms with Gasteiger partial charge in [0.25, 0.3) is 0 Å². The lowest BCUT2D eigenvalue weighted by atomic mass is 10.1. The number of ether oxygens (including phenoxy) is 1. The van der Waals surface area contributed by atoms with Crippen LogP contribution >= 0.6 is 0 Å². The van der Waals surface area contributed by atoms with Crippen LogP contribution in [0.2, 0.25) is 0 Å². The molecule has 0 saturated heterocycles. The summed E-state index contributed by atoms with van der Waals surface area (Å²) in [5.74, 6) is 0.811. The summed E-state index contributed by atoms with van der Waals surface area (Å²) in [5, 5.41) is 13.3. The molecule has 102 valence electrons. The largest absolute Gasteiger partial charge is 0.491 e. The van der Waals surface area contributed by atoms with Crippen LogP contribution < -0.4 is 10.1 Å². The second-order valence-corrected chi connectivity index (χ2v) is 4.99. The summed E-state index contributed by atoms with van der Waals surface area (Å²) in [7, 11) is 0. The van der Waals surface area contributed by atoms with E-state index < -0.39 is 5.60 Å². The second kappa shape index (κ2) is 6.76. The maximum atomic E-state index is 9.91. The van der Waals surface area contributed by atoms with Crippen LogP contribution in [-0.4, -0.2) is 23.9 Å². The highest BCUT2D eigenvalue weighted by Gasteiger charge is 2.18. The molecule has 3 nitrogen and oxygen atoms in total. The molecule has 0 aliphatic heterocycles. The van der Waals surface area contributed by atoms with Gasteiger partial charge in [-0.15, -0.1) is 0 Å². The normalized spacial score (nSPS) is 16.1. The Morgan fingerprint density at radius 2 is 2.11 bits per heavy atom. The van der Waals surface area contributed by atoms with E-state index in [1.165, 1.54) is 5.56 Å². The van der Waals surface area contributed by atoms with Gasteiger partial charge in [-0.05, 0) is 44.5 Å². The summed E-state index contributed by atoms with van der Waals surface area (Å²) in [6.45, 7) is 9.23. The Bertz CT molecular complexity index is 363. The third kappa shape index (κ3) is 4.67. The summed E-state index contributed by atoms with van der Waals surface area (Å²) in [5.41, 5.74) is 0.439. The van der Waals surface area contributed by atoms with Gasteiger partial charge in [0, 0.05) is 6.04 Å². The van der Waals surface area contributed by atoms with Gasteiger partial charge >= 0.3 is 0 Å². The Morgan fingerprint density at radius 3 is 2.72 bits per heavy atom. The fraction of sp³-hybridized carbons (Fsp3) is 0.600. The van der Waals surface area contributed by atoms with Crippen molar-refractivity contribution in [2.75, 3.05) is 13.2 Å². The minimum atomic E-state index is -0.761. The summed E-state index contributed by atoms with van der Waals surface area (Å²) < 4.78 is 5.65. The zero-order valence-corrected chi connectivity index (χ0v) is 11.9. The van der Waals surface area contributed by atoms with E-state index in [4.69, 9.17) is 4.74 Å². The van der Waals surface area contributed by atoms with Crippen LogP contribution in [0.4, 0.5) is 0 Å². The molecule has 0 heterocycles. The molecule has 1 aromatic carbocycles.